The number of ketones is 1. The minimum atomic E-state index is -0.120. The van der Waals surface area contributed by atoms with Crippen molar-refractivity contribution in [3.8, 4) is 5.88 Å². The molecule has 0 aliphatic carbocycles. The van der Waals surface area contributed by atoms with Gasteiger partial charge in [0.2, 0.25) is 5.88 Å². The van der Waals surface area contributed by atoms with Crippen LogP contribution in [0.4, 0.5) is 0 Å². The van der Waals surface area contributed by atoms with Crippen LogP contribution in [0.5, 0.6) is 5.88 Å². The fraction of sp³-hybridized carbons (Fsp3) is 0. The maximum absolute atomic E-state index is 13.0. The Labute approximate surface area is 200 Å². The third-order valence-electron chi connectivity index (χ3n) is 4.78. The van der Waals surface area contributed by atoms with Gasteiger partial charge >= 0.3 is 0 Å². The number of hydrogen-bond donors (Lipinski definition) is 2. The molecule has 0 amide bonds. The number of aromatic amines is 1. The molecule has 0 saturated heterocycles. The molecule has 0 aliphatic rings. The van der Waals surface area contributed by atoms with Gasteiger partial charge < -0.3 is 10.1 Å². The Balaban J connectivity index is 1.92. The number of thiazole rings is 1. The van der Waals surface area contributed by atoms with Crippen molar-refractivity contribution >= 4 is 52.1 Å². The van der Waals surface area contributed by atoms with E-state index in [4.69, 9.17) is 23.8 Å². The largest absolute Gasteiger partial charge is 0.494 e. The standard InChI is InChI=1S/C26H18ClNO2S2/c27-21-13-11-17(12-14-21)20(16-23(29)19-9-5-2-6-10-19)15-22(18-7-3-1-4-8-18)24-25(30)28-26(31)32-24/h1-16,30H,(H,28,31). The van der Waals surface area contributed by atoms with Crippen LogP contribution in [0.2, 0.25) is 5.02 Å². The molecule has 0 aliphatic heterocycles. The molecule has 0 spiro atoms. The van der Waals surface area contributed by atoms with Gasteiger partial charge in [-0.1, -0.05) is 84.4 Å². The molecule has 32 heavy (non-hydrogen) atoms. The van der Waals surface area contributed by atoms with Crippen LogP contribution in [0, 0.1) is 3.95 Å². The summed E-state index contributed by atoms with van der Waals surface area (Å²) in [7, 11) is 0. The maximum Gasteiger partial charge on any atom is 0.208 e. The van der Waals surface area contributed by atoms with Crippen LogP contribution in [0.3, 0.4) is 0 Å². The van der Waals surface area contributed by atoms with E-state index in [0.29, 0.717) is 25.0 Å². The second kappa shape index (κ2) is 9.92. The highest BCUT2D eigenvalue weighted by Crippen LogP contribution is 2.36. The van der Waals surface area contributed by atoms with Crippen LogP contribution in [0.1, 0.15) is 26.4 Å². The van der Waals surface area contributed by atoms with E-state index >= 15 is 0 Å². The van der Waals surface area contributed by atoms with Gasteiger partial charge in [-0.3, -0.25) is 4.79 Å². The number of aromatic hydroxyl groups is 1. The number of benzene rings is 3. The van der Waals surface area contributed by atoms with Gasteiger partial charge in [-0.25, -0.2) is 0 Å². The summed E-state index contributed by atoms with van der Waals surface area (Å²) < 4.78 is 0.469. The Morgan fingerprint density at radius 2 is 1.44 bits per heavy atom. The number of H-pyrrole nitrogens is 1. The molecule has 0 saturated carbocycles. The first kappa shape index (κ1) is 22.0. The van der Waals surface area contributed by atoms with Gasteiger partial charge in [0.1, 0.15) is 0 Å². The second-order valence-electron chi connectivity index (χ2n) is 6.95. The highest BCUT2D eigenvalue weighted by atomic mass is 35.5. The van der Waals surface area contributed by atoms with Gasteiger partial charge in [0, 0.05) is 16.2 Å². The number of carbonyl (C=O) groups is 1. The number of aromatic nitrogens is 1. The van der Waals surface area contributed by atoms with Crippen LogP contribution >= 0.6 is 35.2 Å². The Hall–Kier alpha value is -3.25. The van der Waals surface area contributed by atoms with Crippen molar-refractivity contribution < 1.29 is 9.90 Å². The first-order chi connectivity index (χ1) is 15.5. The predicted octanol–water partition coefficient (Wildman–Crippen LogP) is 7.56. The van der Waals surface area contributed by atoms with Crippen LogP contribution in [-0.4, -0.2) is 15.9 Å². The number of halogens is 1. The molecule has 158 valence electrons. The van der Waals surface area contributed by atoms with Crippen molar-refractivity contribution in [1.29, 1.82) is 0 Å². The Morgan fingerprint density at radius 1 is 0.844 bits per heavy atom. The SMILES string of the molecule is O=C(C=C(C=C(c1ccccc1)c1sc(=S)[nH]c1O)c1ccc(Cl)cc1)c1ccccc1. The van der Waals surface area contributed by atoms with Crippen molar-refractivity contribution in [3.63, 3.8) is 0 Å². The molecule has 1 aromatic heterocycles. The first-order valence-corrected chi connectivity index (χ1v) is 11.4. The average Bonchev–Trinajstić information content (AvgIpc) is 3.15. The lowest BCUT2D eigenvalue weighted by Crippen LogP contribution is -1.96. The van der Waals surface area contributed by atoms with Gasteiger partial charge in [-0.05, 0) is 53.2 Å². The summed E-state index contributed by atoms with van der Waals surface area (Å²) in [4.78, 5) is 16.4. The van der Waals surface area contributed by atoms with Gasteiger partial charge in [-0.2, -0.15) is 0 Å². The minimum absolute atomic E-state index is 0.0000508. The molecule has 4 aromatic rings. The molecule has 0 unspecified atom stereocenters. The Bertz CT molecular complexity index is 1350. The van der Waals surface area contributed by atoms with Crippen LogP contribution in [0.15, 0.2) is 97.1 Å². The minimum Gasteiger partial charge on any atom is -0.494 e. The van der Waals surface area contributed by atoms with Gasteiger partial charge in [-0.15, -0.1) is 11.3 Å². The summed E-state index contributed by atoms with van der Waals surface area (Å²) in [5.41, 5.74) is 3.75. The van der Waals surface area contributed by atoms with Crippen LogP contribution in [-0.2, 0) is 0 Å². The quantitative estimate of drug-likeness (QED) is 0.131. The van der Waals surface area contributed by atoms with Gasteiger partial charge in [0.25, 0.3) is 0 Å². The molecule has 6 heteroatoms. The van der Waals surface area contributed by atoms with E-state index in [1.165, 1.54) is 11.3 Å². The summed E-state index contributed by atoms with van der Waals surface area (Å²) in [5.74, 6) is -0.120. The van der Waals surface area contributed by atoms with Crippen molar-refractivity contribution in [2.24, 2.45) is 0 Å². The summed E-state index contributed by atoms with van der Waals surface area (Å²) in [6.45, 7) is 0. The lowest BCUT2D eigenvalue weighted by atomic mass is 9.96. The van der Waals surface area contributed by atoms with E-state index < -0.39 is 0 Å². The zero-order chi connectivity index (χ0) is 22.5. The van der Waals surface area contributed by atoms with Crippen LogP contribution < -0.4 is 0 Å². The Morgan fingerprint density at radius 3 is 2.00 bits per heavy atom. The first-order valence-electron chi connectivity index (χ1n) is 9.78. The maximum atomic E-state index is 13.0. The monoisotopic (exact) mass is 475 g/mol. The molecule has 0 atom stereocenters. The van der Waals surface area contributed by atoms with Crippen LogP contribution in [0.25, 0.3) is 11.1 Å². The number of allylic oxidation sites excluding steroid dienone is 3. The molecule has 3 aromatic carbocycles. The molecule has 1 heterocycles. The fourth-order valence-electron chi connectivity index (χ4n) is 3.23. The number of carbonyl (C=O) groups excluding carboxylic acids is 1. The summed E-state index contributed by atoms with van der Waals surface area (Å²) in [6.07, 6.45) is 3.50. The molecular weight excluding hydrogens is 458 g/mol. The smallest absolute Gasteiger partial charge is 0.208 e. The molecule has 0 bridgehead atoms. The highest BCUT2D eigenvalue weighted by Gasteiger charge is 2.15. The lowest BCUT2D eigenvalue weighted by molar-refractivity contribution is 0.104. The number of nitrogens with one attached hydrogen (secondary N) is 1. The molecular formula is C26H18ClNO2S2. The average molecular weight is 476 g/mol. The van der Waals surface area contributed by atoms with Crippen molar-refractivity contribution in [3.05, 3.63) is 128 Å². The molecule has 3 nitrogen and oxygen atoms in total. The molecule has 2 N–H and O–H groups in total. The van der Waals surface area contributed by atoms with Gasteiger partial charge in [0.15, 0.2) is 9.74 Å². The van der Waals surface area contributed by atoms with E-state index in [1.807, 2.05) is 66.7 Å². The van der Waals surface area contributed by atoms with E-state index in [1.54, 1.807) is 30.3 Å². The van der Waals surface area contributed by atoms with Gasteiger partial charge in [0.05, 0.1) is 4.88 Å². The summed E-state index contributed by atoms with van der Waals surface area (Å²) in [6, 6.07) is 26.1. The number of rotatable bonds is 6. The predicted molar refractivity (Wildman–Crippen MR) is 135 cm³/mol. The fourth-order valence-corrected chi connectivity index (χ4v) is 4.47. The highest BCUT2D eigenvalue weighted by molar-refractivity contribution is 7.73. The molecule has 4 rings (SSSR count). The van der Waals surface area contributed by atoms with E-state index in [-0.39, 0.29) is 11.7 Å². The second-order valence-corrected chi connectivity index (χ2v) is 9.08. The van der Waals surface area contributed by atoms with E-state index in [0.717, 1.165) is 16.7 Å². The van der Waals surface area contributed by atoms with E-state index in [2.05, 4.69) is 4.98 Å². The normalized spacial score (nSPS) is 12.0. The zero-order valence-electron chi connectivity index (χ0n) is 16.8. The molecule has 0 radical (unpaired) electrons. The number of hydrogen-bond acceptors (Lipinski definition) is 4. The third kappa shape index (κ3) is 5.14. The van der Waals surface area contributed by atoms with Crippen molar-refractivity contribution in [2.75, 3.05) is 0 Å². The lowest BCUT2D eigenvalue weighted by Gasteiger charge is -2.10. The third-order valence-corrected chi connectivity index (χ3v) is 6.29. The van der Waals surface area contributed by atoms with Crippen molar-refractivity contribution in [2.45, 2.75) is 0 Å². The zero-order valence-corrected chi connectivity index (χ0v) is 19.2. The Kier molecular flexibility index (Phi) is 6.81. The summed E-state index contributed by atoms with van der Waals surface area (Å²) >= 11 is 12.6. The summed E-state index contributed by atoms with van der Waals surface area (Å²) in [5, 5.41) is 11.1. The topological polar surface area (TPSA) is 53.1 Å². The van der Waals surface area contributed by atoms with Crippen molar-refractivity contribution in [1.82, 2.24) is 4.98 Å². The van der Waals surface area contributed by atoms with E-state index in [9.17, 15) is 9.90 Å². The molecule has 0 fully saturated rings.